The molecule has 1 aliphatic heterocycles. The van der Waals surface area contributed by atoms with Gasteiger partial charge >= 0.3 is 5.97 Å². The molecule has 116 valence electrons. The first-order valence-corrected chi connectivity index (χ1v) is 8.17. The van der Waals surface area contributed by atoms with E-state index in [-0.39, 0.29) is 5.82 Å². The van der Waals surface area contributed by atoms with E-state index in [9.17, 15) is 14.3 Å². The zero-order valence-corrected chi connectivity index (χ0v) is 13.2. The first kappa shape index (κ1) is 15.2. The summed E-state index contributed by atoms with van der Waals surface area (Å²) in [6.45, 7) is 1.54. The smallest absolute Gasteiger partial charge is 0.315 e. The standard InChI is InChI=1S/C17H18FNO2S/c1-19-9-7-17(8-10-19,16(20)21)15-14(6-11-22-15)12-2-4-13(18)5-3-12/h2-6,11H,7-10H2,1H3,(H,20,21). The molecule has 1 saturated heterocycles. The molecule has 1 fully saturated rings. The van der Waals surface area contributed by atoms with Gasteiger partial charge in [-0.15, -0.1) is 11.3 Å². The highest BCUT2D eigenvalue weighted by molar-refractivity contribution is 7.10. The van der Waals surface area contributed by atoms with Gasteiger partial charge in [0, 0.05) is 4.88 Å². The monoisotopic (exact) mass is 319 g/mol. The molecule has 1 aliphatic rings. The molecule has 2 heterocycles. The maximum Gasteiger partial charge on any atom is 0.315 e. The third-order valence-corrected chi connectivity index (χ3v) is 5.62. The van der Waals surface area contributed by atoms with Gasteiger partial charge in [-0.2, -0.15) is 0 Å². The number of hydrogen-bond donors (Lipinski definition) is 1. The molecule has 0 radical (unpaired) electrons. The predicted molar refractivity (Wildman–Crippen MR) is 85.8 cm³/mol. The van der Waals surface area contributed by atoms with Gasteiger partial charge in [-0.3, -0.25) is 4.79 Å². The summed E-state index contributed by atoms with van der Waals surface area (Å²) in [6.07, 6.45) is 1.21. The van der Waals surface area contributed by atoms with Crippen molar-refractivity contribution in [1.29, 1.82) is 0 Å². The number of benzene rings is 1. The Morgan fingerprint density at radius 1 is 1.23 bits per heavy atom. The lowest BCUT2D eigenvalue weighted by Crippen LogP contribution is -2.45. The van der Waals surface area contributed by atoms with Crippen LogP contribution in [0.1, 0.15) is 17.7 Å². The number of carbonyl (C=O) groups is 1. The zero-order valence-electron chi connectivity index (χ0n) is 12.4. The van der Waals surface area contributed by atoms with E-state index in [1.54, 1.807) is 12.1 Å². The van der Waals surface area contributed by atoms with Crippen molar-refractivity contribution in [3.05, 3.63) is 46.4 Å². The lowest BCUT2D eigenvalue weighted by molar-refractivity contribution is -0.145. The molecule has 22 heavy (non-hydrogen) atoms. The fourth-order valence-corrected chi connectivity index (χ4v) is 4.25. The number of likely N-dealkylation sites (tertiary alicyclic amines) is 1. The molecule has 0 atom stereocenters. The molecule has 0 amide bonds. The van der Waals surface area contributed by atoms with Crippen LogP contribution in [-0.4, -0.2) is 36.1 Å². The van der Waals surface area contributed by atoms with Crippen molar-refractivity contribution in [2.24, 2.45) is 0 Å². The van der Waals surface area contributed by atoms with E-state index in [1.807, 2.05) is 18.5 Å². The number of halogens is 1. The Labute approximate surface area is 133 Å². The Kier molecular flexibility index (Phi) is 4.02. The van der Waals surface area contributed by atoms with Crippen molar-refractivity contribution in [2.75, 3.05) is 20.1 Å². The minimum Gasteiger partial charge on any atom is -0.481 e. The van der Waals surface area contributed by atoms with Gasteiger partial charge in [-0.25, -0.2) is 4.39 Å². The van der Waals surface area contributed by atoms with Crippen LogP contribution in [0.15, 0.2) is 35.7 Å². The van der Waals surface area contributed by atoms with Gasteiger partial charge in [-0.05, 0) is 67.7 Å². The molecular formula is C17H18FNO2S. The van der Waals surface area contributed by atoms with Crippen molar-refractivity contribution >= 4 is 17.3 Å². The van der Waals surface area contributed by atoms with E-state index in [0.29, 0.717) is 12.8 Å². The summed E-state index contributed by atoms with van der Waals surface area (Å²) in [7, 11) is 2.01. The predicted octanol–water partition coefficient (Wildman–Crippen LogP) is 3.60. The number of aliphatic carboxylic acids is 1. The highest BCUT2D eigenvalue weighted by Crippen LogP contribution is 2.44. The highest BCUT2D eigenvalue weighted by Gasteiger charge is 2.44. The van der Waals surface area contributed by atoms with Gasteiger partial charge in [0.25, 0.3) is 0 Å². The van der Waals surface area contributed by atoms with Crippen LogP contribution in [-0.2, 0) is 10.2 Å². The largest absolute Gasteiger partial charge is 0.481 e. The van der Waals surface area contributed by atoms with Crippen LogP contribution < -0.4 is 0 Å². The lowest BCUT2D eigenvalue weighted by Gasteiger charge is -2.37. The van der Waals surface area contributed by atoms with E-state index in [4.69, 9.17) is 0 Å². The van der Waals surface area contributed by atoms with Crippen molar-refractivity contribution in [3.63, 3.8) is 0 Å². The van der Waals surface area contributed by atoms with E-state index >= 15 is 0 Å². The highest BCUT2D eigenvalue weighted by atomic mass is 32.1. The second-order valence-electron chi connectivity index (χ2n) is 5.86. The van der Waals surface area contributed by atoms with Crippen LogP contribution in [0.4, 0.5) is 4.39 Å². The summed E-state index contributed by atoms with van der Waals surface area (Å²) in [5, 5.41) is 11.8. The van der Waals surface area contributed by atoms with Crippen LogP contribution >= 0.6 is 11.3 Å². The van der Waals surface area contributed by atoms with Crippen LogP contribution in [0.3, 0.4) is 0 Å². The van der Waals surface area contributed by atoms with Crippen molar-refractivity contribution in [2.45, 2.75) is 18.3 Å². The van der Waals surface area contributed by atoms with Crippen LogP contribution in [0.5, 0.6) is 0 Å². The van der Waals surface area contributed by atoms with Crippen molar-refractivity contribution in [3.8, 4) is 11.1 Å². The molecule has 3 rings (SSSR count). The van der Waals surface area contributed by atoms with Crippen molar-refractivity contribution in [1.82, 2.24) is 4.90 Å². The Bertz CT molecular complexity index is 672. The molecule has 0 saturated carbocycles. The van der Waals surface area contributed by atoms with Gasteiger partial charge in [0.2, 0.25) is 0 Å². The molecule has 0 bridgehead atoms. The molecule has 0 aliphatic carbocycles. The molecule has 0 unspecified atom stereocenters. The zero-order chi connectivity index (χ0) is 15.7. The summed E-state index contributed by atoms with van der Waals surface area (Å²) >= 11 is 1.49. The second-order valence-corrected chi connectivity index (χ2v) is 6.78. The van der Waals surface area contributed by atoms with Gasteiger partial charge in [0.05, 0.1) is 0 Å². The average Bonchev–Trinajstić information content (AvgIpc) is 2.99. The van der Waals surface area contributed by atoms with Crippen LogP contribution in [0.25, 0.3) is 11.1 Å². The first-order valence-electron chi connectivity index (χ1n) is 7.29. The molecule has 0 spiro atoms. The van der Waals surface area contributed by atoms with E-state index in [0.717, 1.165) is 29.1 Å². The second kappa shape index (κ2) is 5.82. The molecule has 1 aromatic heterocycles. The molecule has 1 N–H and O–H groups in total. The number of carboxylic acid groups (broad SMARTS) is 1. The Balaban J connectivity index is 2.05. The number of rotatable bonds is 3. The first-order chi connectivity index (χ1) is 10.5. The fraction of sp³-hybridized carbons (Fsp3) is 0.353. The van der Waals surface area contributed by atoms with Gasteiger partial charge in [0.1, 0.15) is 11.2 Å². The SMILES string of the molecule is CN1CCC(C(=O)O)(c2sccc2-c2ccc(F)cc2)CC1. The number of thiophene rings is 1. The maximum absolute atomic E-state index is 13.1. The summed E-state index contributed by atoms with van der Waals surface area (Å²) in [5.74, 6) is -1.04. The van der Waals surface area contributed by atoms with Gasteiger partial charge < -0.3 is 10.0 Å². The number of piperidine rings is 1. The van der Waals surface area contributed by atoms with Crippen LogP contribution in [0, 0.1) is 5.82 Å². The maximum atomic E-state index is 13.1. The molecule has 3 nitrogen and oxygen atoms in total. The number of carboxylic acids is 1. The van der Waals surface area contributed by atoms with Gasteiger partial charge in [-0.1, -0.05) is 12.1 Å². The average molecular weight is 319 g/mol. The third kappa shape index (κ3) is 2.55. The van der Waals surface area contributed by atoms with Crippen molar-refractivity contribution < 1.29 is 14.3 Å². The number of nitrogens with zero attached hydrogens (tertiary/aromatic N) is 1. The van der Waals surface area contributed by atoms with E-state index in [2.05, 4.69) is 4.90 Å². The summed E-state index contributed by atoms with van der Waals surface area (Å²) in [4.78, 5) is 15.1. The normalized spacial score (nSPS) is 18.3. The molecule has 1 aromatic carbocycles. The molecular weight excluding hydrogens is 301 g/mol. The van der Waals surface area contributed by atoms with E-state index in [1.165, 1.54) is 23.5 Å². The Hall–Kier alpha value is -1.72. The topological polar surface area (TPSA) is 40.5 Å². The van der Waals surface area contributed by atoms with Crippen LogP contribution in [0.2, 0.25) is 0 Å². The molecule has 2 aromatic rings. The third-order valence-electron chi connectivity index (χ3n) is 4.51. The van der Waals surface area contributed by atoms with Gasteiger partial charge in [0.15, 0.2) is 0 Å². The summed E-state index contributed by atoms with van der Waals surface area (Å²) < 4.78 is 13.1. The number of hydrogen-bond acceptors (Lipinski definition) is 3. The lowest BCUT2D eigenvalue weighted by atomic mass is 9.75. The minimum absolute atomic E-state index is 0.284. The quantitative estimate of drug-likeness (QED) is 0.939. The Morgan fingerprint density at radius 2 is 1.86 bits per heavy atom. The summed E-state index contributed by atoms with van der Waals surface area (Å²) in [6, 6.07) is 8.20. The van der Waals surface area contributed by atoms with E-state index < -0.39 is 11.4 Å². The fourth-order valence-electron chi connectivity index (χ4n) is 3.07. The Morgan fingerprint density at radius 3 is 2.45 bits per heavy atom. The summed E-state index contributed by atoms with van der Waals surface area (Å²) in [5.41, 5.74) is 0.957. The minimum atomic E-state index is -0.829. The molecule has 5 heteroatoms.